The van der Waals surface area contributed by atoms with Gasteiger partial charge in [-0.2, -0.15) is 18.3 Å². The first-order valence-corrected chi connectivity index (χ1v) is 9.36. The first-order chi connectivity index (χ1) is 12.9. The second-order valence-corrected chi connectivity index (χ2v) is 7.40. The molecule has 0 amide bonds. The van der Waals surface area contributed by atoms with Crippen molar-refractivity contribution in [2.45, 2.75) is 44.4 Å². The van der Waals surface area contributed by atoms with Crippen molar-refractivity contribution in [3.8, 4) is 11.5 Å². The highest BCUT2D eigenvalue weighted by Gasteiger charge is 2.33. The Bertz CT molecular complexity index is 772. The minimum atomic E-state index is -4.36. The monoisotopic (exact) mass is 383 g/mol. The van der Waals surface area contributed by atoms with Gasteiger partial charge in [-0.05, 0) is 26.4 Å². The molecular formula is C17H24F3N7. The molecule has 1 saturated heterocycles. The molecule has 7 nitrogen and oxygen atoms in total. The Morgan fingerprint density at radius 2 is 2.07 bits per heavy atom. The zero-order valence-electron chi connectivity index (χ0n) is 15.3. The first kappa shape index (κ1) is 18.4. The van der Waals surface area contributed by atoms with Crippen LogP contribution in [0.2, 0.25) is 0 Å². The highest BCUT2D eigenvalue weighted by molar-refractivity contribution is 5.49. The van der Waals surface area contributed by atoms with E-state index in [0.29, 0.717) is 11.5 Å². The van der Waals surface area contributed by atoms with Gasteiger partial charge in [-0.15, -0.1) is 0 Å². The van der Waals surface area contributed by atoms with Gasteiger partial charge in [-0.3, -0.25) is 0 Å². The number of imidazole rings is 1. The summed E-state index contributed by atoms with van der Waals surface area (Å²) in [7, 11) is 2.01. The average Bonchev–Trinajstić information content (AvgIpc) is 3.11. The zero-order chi connectivity index (χ0) is 19.0. The van der Waals surface area contributed by atoms with Gasteiger partial charge in [0.15, 0.2) is 11.6 Å². The van der Waals surface area contributed by atoms with Gasteiger partial charge >= 0.3 is 6.18 Å². The molecule has 0 aliphatic carbocycles. The predicted octanol–water partition coefficient (Wildman–Crippen LogP) is 1.66. The highest BCUT2D eigenvalue weighted by Crippen LogP contribution is 2.28. The van der Waals surface area contributed by atoms with Crippen LogP contribution >= 0.6 is 0 Å². The molecule has 1 unspecified atom stereocenters. The molecule has 2 aliphatic heterocycles. The summed E-state index contributed by atoms with van der Waals surface area (Å²) in [6.45, 7) is 2.98. The van der Waals surface area contributed by atoms with Crippen LogP contribution in [0.15, 0.2) is 6.20 Å². The number of rotatable bonds is 3. The van der Waals surface area contributed by atoms with Gasteiger partial charge in [-0.1, -0.05) is 0 Å². The fourth-order valence-electron chi connectivity index (χ4n) is 3.86. The van der Waals surface area contributed by atoms with Gasteiger partial charge in [0.25, 0.3) is 0 Å². The molecule has 0 spiro atoms. The third kappa shape index (κ3) is 4.16. The Labute approximate surface area is 155 Å². The van der Waals surface area contributed by atoms with Gasteiger partial charge in [-0.25, -0.2) is 14.6 Å². The molecular weight excluding hydrogens is 359 g/mol. The van der Waals surface area contributed by atoms with Crippen molar-refractivity contribution in [2.75, 3.05) is 33.2 Å². The molecule has 1 fully saturated rings. The highest BCUT2D eigenvalue weighted by atomic mass is 19.4. The number of aromatic nitrogens is 5. The van der Waals surface area contributed by atoms with E-state index in [2.05, 4.69) is 25.3 Å². The maximum absolute atomic E-state index is 13.1. The van der Waals surface area contributed by atoms with E-state index >= 15 is 0 Å². The Morgan fingerprint density at radius 1 is 1.22 bits per heavy atom. The van der Waals surface area contributed by atoms with Gasteiger partial charge in [0, 0.05) is 44.7 Å². The number of nitrogens with one attached hydrogen (secondary N) is 1. The lowest BCUT2D eigenvalue weighted by Crippen LogP contribution is -2.31. The molecule has 2 aliphatic rings. The number of alkyl halides is 3. The van der Waals surface area contributed by atoms with Gasteiger partial charge < -0.3 is 14.8 Å². The van der Waals surface area contributed by atoms with Crippen molar-refractivity contribution in [3.63, 3.8) is 0 Å². The Kier molecular flexibility index (Phi) is 4.94. The largest absolute Gasteiger partial charge is 0.408 e. The van der Waals surface area contributed by atoms with Crippen molar-refractivity contribution >= 4 is 0 Å². The van der Waals surface area contributed by atoms with Crippen LogP contribution in [-0.4, -0.2) is 68.6 Å². The van der Waals surface area contributed by atoms with Gasteiger partial charge in [0.05, 0.1) is 0 Å². The molecule has 10 heteroatoms. The topological polar surface area (TPSA) is 63.8 Å². The van der Waals surface area contributed by atoms with Crippen molar-refractivity contribution in [2.24, 2.45) is 0 Å². The third-order valence-electron chi connectivity index (χ3n) is 5.15. The van der Waals surface area contributed by atoms with Crippen LogP contribution < -0.4 is 5.32 Å². The molecule has 4 heterocycles. The van der Waals surface area contributed by atoms with E-state index in [4.69, 9.17) is 0 Å². The van der Waals surface area contributed by atoms with Crippen molar-refractivity contribution < 1.29 is 13.2 Å². The molecule has 27 heavy (non-hydrogen) atoms. The molecule has 0 saturated carbocycles. The van der Waals surface area contributed by atoms with E-state index in [0.717, 1.165) is 62.5 Å². The molecule has 2 aromatic heterocycles. The summed E-state index contributed by atoms with van der Waals surface area (Å²) in [5, 5.41) is 7.54. The second-order valence-electron chi connectivity index (χ2n) is 7.40. The number of fused-ring (bicyclic) bond motifs is 1. The lowest BCUT2D eigenvalue weighted by atomic mass is 9.98. The first-order valence-electron chi connectivity index (χ1n) is 9.36. The number of nitrogens with zero attached hydrogens (tertiary/aromatic N) is 6. The SMILES string of the molecule is CN1CCCC(c2nc(-c3cn4c(n3)CCNCC4)n(CC(F)(F)F)n2)C1. The zero-order valence-corrected chi connectivity index (χ0v) is 15.3. The van der Waals surface area contributed by atoms with Crippen LogP contribution in [0.1, 0.15) is 30.4 Å². The summed E-state index contributed by atoms with van der Waals surface area (Å²) in [6, 6.07) is 0. The lowest BCUT2D eigenvalue weighted by Gasteiger charge is -2.27. The number of hydrogen-bond donors (Lipinski definition) is 1. The number of likely N-dealkylation sites (tertiary alicyclic amines) is 1. The second kappa shape index (κ2) is 7.23. The van der Waals surface area contributed by atoms with Crippen molar-refractivity contribution in [1.82, 2.24) is 34.5 Å². The maximum Gasteiger partial charge on any atom is 0.408 e. The number of halogens is 3. The van der Waals surface area contributed by atoms with Crippen LogP contribution in [0.25, 0.3) is 11.5 Å². The summed E-state index contributed by atoms with van der Waals surface area (Å²) >= 11 is 0. The van der Waals surface area contributed by atoms with Gasteiger partial charge in [0.2, 0.25) is 0 Å². The Hall–Kier alpha value is -1.94. The lowest BCUT2D eigenvalue weighted by molar-refractivity contribution is -0.142. The van der Waals surface area contributed by atoms with Crippen LogP contribution in [-0.2, 0) is 19.5 Å². The molecule has 1 N–H and O–H groups in total. The predicted molar refractivity (Wildman–Crippen MR) is 93.3 cm³/mol. The van der Waals surface area contributed by atoms with Gasteiger partial charge in [0.1, 0.15) is 18.1 Å². The molecule has 4 rings (SSSR count). The number of hydrogen-bond acceptors (Lipinski definition) is 5. The molecule has 1 atom stereocenters. The quantitative estimate of drug-likeness (QED) is 0.874. The fourth-order valence-corrected chi connectivity index (χ4v) is 3.86. The van der Waals surface area contributed by atoms with E-state index in [9.17, 15) is 13.2 Å². The normalized spacial score (nSPS) is 21.9. The smallest absolute Gasteiger partial charge is 0.333 e. The summed E-state index contributed by atoms with van der Waals surface area (Å²) in [6.07, 6.45) is 0.0781. The standard InChI is InChI=1S/C17H24F3N7/c1-25-7-2-3-12(9-25)15-23-16(27(24-15)11-17(18,19)20)13-10-26-8-6-21-5-4-14(26)22-13/h10,12,21H,2-9,11H2,1H3. The maximum atomic E-state index is 13.1. The summed E-state index contributed by atoms with van der Waals surface area (Å²) in [5.41, 5.74) is 0.471. The third-order valence-corrected chi connectivity index (χ3v) is 5.15. The van der Waals surface area contributed by atoms with Crippen LogP contribution in [0, 0.1) is 0 Å². The van der Waals surface area contributed by atoms with Crippen LogP contribution in [0.3, 0.4) is 0 Å². The Balaban J connectivity index is 1.69. The van der Waals surface area contributed by atoms with Crippen LogP contribution in [0.5, 0.6) is 0 Å². The molecule has 2 aromatic rings. The fraction of sp³-hybridized carbons (Fsp3) is 0.706. The summed E-state index contributed by atoms with van der Waals surface area (Å²) in [4.78, 5) is 11.3. The van der Waals surface area contributed by atoms with Crippen LogP contribution in [0.4, 0.5) is 13.2 Å². The molecule has 0 aromatic carbocycles. The van der Waals surface area contributed by atoms with Crippen molar-refractivity contribution in [1.29, 1.82) is 0 Å². The number of piperidine rings is 1. The number of likely N-dealkylation sites (N-methyl/N-ethyl adjacent to an activating group) is 1. The molecule has 0 bridgehead atoms. The molecule has 148 valence electrons. The minimum Gasteiger partial charge on any atom is -0.333 e. The van der Waals surface area contributed by atoms with E-state index < -0.39 is 12.7 Å². The minimum absolute atomic E-state index is 0.0571. The van der Waals surface area contributed by atoms with E-state index in [1.807, 2.05) is 11.6 Å². The van der Waals surface area contributed by atoms with E-state index in [1.165, 1.54) is 0 Å². The summed E-state index contributed by atoms with van der Waals surface area (Å²) < 4.78 is 42.3. The Morgan fingerprint density at radius 3 is 2.85 bits per heavy atom. The van der Waals surface area contributed by atoms with Crippen molar-refractivity contribution in [3.05, 3.63) is 17.8 Å². The van der Waals surface area contributed by atoms with E-state index in [-0.39, 0.29) is 11.7 Å². The summed E-state index contributed by atoms with van der Waals surface area (Å²) in [5.74, 6) is 1.63. The average molecular weight is 383 g/mol. The van der Waals surface area contributed by atoms with E-state index in [1.54, 1.807) is 6.20 Å². The molecule has 0 radical (unpaired) electrons.